The molecule has 8 heteroatoms. The van der Waals surface area contributed by atoms with Crippen molar-refractivity contribution in [2.24, 2.45) is 0 Å². The zero-order valence-electron chi connectivity index (χ0n) is 10.1. The van der Waals surface area contributed by atoms with Crippen LogP contribution in [0.3, 0.4) is 0 Å². The zero-order valence-corrected chi connectivity index (χ0v) is 11.0. The molecule has 0 aliphatic carbocycles. The van der Waals surface area contributed by atoms with Gasteiger partial charge in [-0.05, 0) is 12.1 Å². The molecule has 0 amide bonds. The Morgan fingerprint density at radius 2 is 1.80 bits per heavy atom. The summed E-state index contributed by atoms with van der Waals surface area (Å²) in [6.07, 6.45) is -4.46. The first kappa shape index (κ1) is 16.5. The Balaban J connectivity index is 2.67. The minimum atomic E-state index is -4.46. The summed E-state index contributed by atoms with van der Waals surface area (Å²) in [7, 11) is 0. The molecule has 1 rings (SSSR count). The van der Waals surface area contributed by atoms with E-state index in [4.69, 9.17) is 5.11 Å². The first-order valence-corrected chi connectivity index (χ1v) is 6.16. The molecule has 1 aromatic carbocycles. The van der Waals surface area contributed by atoms with E-state index in [2.05, 4.69) is 17.9 Å². The lowest BCUT2D eigenvalue weighted by Crippen LogP contribution is -2.41. The number of halogens is 3. The highest BCUT2D eigenvalue weighted by atomic mass is 32.1. The van der Waals surface area contributed by atoms with Crippen molar-refractivity contribution in [3.63, 3.8) is 0 Å². The van der Waals surface area contributed by atoms with Crippen molar-refractivity contribution in [2.75, 3.05) is 12.3 Å². The van der Waals surface area contributed by atoms with Crippen molar-refractivity contribution in [2.45, 2.75) is 12.2 Å². The number of ketones is 1. The van der Waals surface area contributed by atoms with Crippen LogP contribution in [-0.4, -0.2) is 35.2 Å². The van der Waals surface area contributed by atoms with Gasteiger partial charge in [0.25, 0.3) is 0 Å². The zero-order chi connectivity index (χ0) is 15.3. The number of carboxylic acids is 1. The molecule has 2 N–H and O–H groups in total. The number of nitrogens with one attached hydrogen (secondary N) is 1. The second-order valence-electron chi connectivity index (χ2n) is 3.95. The van der Waals surface area contributed by atoms with Gasteiger partial charge in [-0.1, -0.05) is 12.1 Å². The average Bonchev–Trinajstić information content (AvgIpc) is 2.38. The van der Waals surface area contributed by atoms with E-state index >= 15 is 0 Å². The highest BCUT2D eigenvalue weighted by molar-refractivity contribution is 7.80. The molecule has 110 valence electrons. The van der Waals surface area contributed by atoms with Gasteiger partial charge in [0.15, 0.2) is 5.78 Å². The van der Waals surface area contributed by atoms with Crippen molar-refractivity contribution in [3.8, 4) is 0 Å². The lowest BCUT2D eigenvalue weighted by molar-refractivity contribution is -0.139. The summed E-state index contributed by atoms with van der Waals surface area (Å²) in [6.45, 7) is -0.289. The Kier molecular flexibility index (Phi) is 5.58. The number of hydrogen-bond acceptors (Lipinski definition) is 4. The summed E-state index contributed by atoms with van der Waals surface area (Å²) in [4.78, 5) is 22.4. The number of benzene rings is 1. The quantitative estimate of drug-likeness (QED) is 0.554. The Bertz CT molecular complexity index is 488. The summed E-state index contributed by atoms with van der Waals surface area (Å²) in [5, 5.41) is 11.2. The van der Waals surface area contributed by atoms with Gasteiger partial charge in [0, 0.05) is 11.3 Å². The molecule has 1 aromatic rings. The molecule has 0 spiro atoms. The topological polar surface area (TPSA) is 66.4 Å². The Labute approximate surface area is 118 Å². The maximum atomic E-state index is 12.3. The maximum absolute atomic E-state index is 12.3. The van der Waals surface area contributed by atoms with Crippen molar-refractivity contribution >= 4 is 24.4 Å². The first-order valence-electron chi connectivity index (χ1n) is 5.53. The molecule has 0 bridgehead atoms. The number of Topliss-reactive ketones (excluding diaryl/α,β-unsaturated/α-hetero) is 1. The van der Waals surface area contributed by atoms with Gasteiger partial charge < -0.3 is 5.11 Å². The van der Waals surface area contributed by atoms with Crippen LogP contribution in [0, 0.1) is 0 Å². The summed E-state index contributed by atoms with van der Waals surface area (Å²) in [5.74, 6) is -1.65. The molecule has 0 heterocycles. The normalized spacial score (nSPS) is 13.0. The molecule has 0 aliphatic rings. The van der Waals surface area contributed by atoms with Crippen molar-refractivity contribution in [3.05, 3.63) is 35.4 Å². The highest BCUT2D eigenvalue weighted by Crippen LogP contribution is 2.29. The Morgan fingerprint density at radius 1 is 1.25 bits per heavy atom. The minimum Gasteiger partial charge on any atom is -0.480 e. The van der Waals surface area contributed by atoms with E-state index in [9.17, 15) is 22.8 Å². The largest absolute Gasteiger partial charge is 0.480 e. The molecule has 0 radical (unpaired) electrons. The molecular weight excluding hydrogens is 295 g/mol. The Hall–Kier alpha value is -1.54. The number of thiol groups is 1. The number of carboxylic acid groups (broad SMARTS) is 1. The monoisotopic (exact) mass is 307 g/mol. The second kappa shape index (κ2) is 6.76. The lowest BCUT2D eigenvalue weighted by atomic mass is 10.1. The maximum Gasteiger partial charge on any atom is 0.416 e. The van der Waals surface area contributed by atoms with Gasteiger partial charge in [0.2, 0.25) is 0 Å². The molecule has 0 saturated heterocycles. The fraction of sp³-hybridized carbons (Fsp3) is 0.333. The number of carbonyl (C=O) groups is 2. The van der Waals surface area contributed by atoms with Gasteiger partial charge >= 0.3 is 12.1 Å². The first-order chi connectivity index (χ1) is 9.25. The predicted octanol–water partition coefficient (Wildman–Crippen LogP) is 1.86. The van der Waals surface area contributed by atoms with Crippen LogP contribution in [0.25, 0.3) is 0 Å². The standard InChI is InChI=1S/C12H12F3NO3S/c13-12(14,15)8-3-1-7(2-4-8)10(17)5-16-9(6-20)11(18)19/h1-4,9,16,20H,5-6H2,(H,18,19). The Morgan fingerprint density at radius 3 is 2.20 bits per heavy atom. The molecule has 0 aromatic heterocycles. The molecule has 4 nitrogen and oxygen atoms in total. The van der Waals surface area contributed by atoms with Crippen LogP contribution in [0.1, 0.15) is 15.9 Å². The molecule has 1 unspecified atom stereocenters. The minimum absolute atomic E-state index is 0.00434. The van der Waals surface area contributed by atoms with Gasteiger partial charge in [-0.2, -0.15) is 25.8 Å². The third-order valence-corrected chi connectivity index (χ3v) is 2.89. The molecule has 0 aliphatic heterocycles. The number of carbonyl (C=O) groups excluding carboxylic acids is 1. The second-order valence-corrected chi connectivity index (χ2v) is 4.32. The average molecular weight is 307 g/mol. The van der Waals surface area contributed by atoms with Gasteiger partial charge in [-0.25, -0.2) is 0 Å². The van der Waals surface area contributed by atoms with E-state index in [-0.39, 0.29) is 17.9 Å². The highest BCUT2D eigenvalue weighted by Gasteiger charge is 2.30. The summed E-state index contributed by atoms with van der Waals surface area (Å²) >= 11 is 3.81. The SMILES string of the molecule is O=C(CNC(CS)C(=O)O)c1ccc(C(F)(F)F)cc1. The van der Waals surface area contributed by atoms with Gasteiger partial charge in [0.05, 0.1) is 12.1 Å². The van der Waals surface area contributed by atoms with Crippen LogP contribution < -0.4 is 5.32 Å². The summed E-state index contributed by atoms with van der Waals surface area (Å²) in [5.41, 5.74) is -0.769. The van der Waals surface area contributed by atoms with Crippen LogP contribution in [0.4, 0.5) is 13.2 Å². The van der Waals surface area contributed by atoms with E-state index < -0.39 is 29.5 Å². The van der Waals surface area contributed by atoms with E-state index in [1.165, 1.54) is 0 Å². The van der Waals surface area contributed by atoms with Crippen molar-refractivity contribution < 1.29 is 27.9 Å². The molecule has 0 saturated carbocycles. The van der Waals surface area contributed by atoms with Crippen LogP contribution in [-0.2, 0) is 11.0 Å². The van der Waals surface area contributed by atoms with Gasteiger partial charge in [-0.3, -0.25) is 14.9 Å². The number of alkyl halides is 3. The molecule has 0 fully saturated rings. The van der Waals surface area contributed by atoms with Gasteiger partial charge in [0.1, 0.15) is 6.04 Å². The molecule has 20 heavy (non-hydrogen) atoms. The van der Waals surface area contributed by atoms with E-state index in [1.54, 1.807) is 0 Å². The van der Waals surface area contributed by atoms with Crippen molar-refractivity contribution in [1.82, 2.24) is 5.32 Å². The lowest BCUT2D eigenvalue weighted by Gasteiger charge is -2.11. The van der Waals surface area contributed by atoms with E-state index in [1.807, 2.05) is 0 Å². The van der Waals surface area contributed by atoms with E-state index in [0.717, 1.165) is 24.3 Å². The van der Waals surface area contributed by atoms with Crippen LogP contribution in [0.5, 0.6) is 0 Å². The van der Waals surface area contributed by atoms with Gasteiger partial charge in [-0.15, -0.1) is 0 Å². The predicted molar refractivity (Wildman–Crippen MR) is 69.1 cm³/mol. The number of hydrogen-bond donors (Lipinski definition) is 3. The third kappa shape index (κ3) is 4.53. The number of rotatable bonds is 6. The van der Waals surface area contributed by atoms with Crippen LogP contribution >= 0.6 is 12.6 Å². The van der Waals surface area contributed by atoms with E-state index in [0.29, 0.717) is 0 Å². The fourth-order valence-corrected chi connectivity index (χ4v) is 1.68. The summed E-state index contributed by atoms with van der Waals surface area (Å²) in [6, 6.07) is 2.74. The fourth-order valence-electron chi connectivity index (χ4n) is 1.39. The van der Waals surface area contributed by atoms with Crippen LogP contribution in [0.2, 0.25) is 0 Å². The molecule has 1 atom stereocenters. The van der Waals surface area contributed by atoms with Crippen LogP contribution in [0.15, 0.2) is 24.3 Å². The third-order valence-electron chi connectivity index (χ3n) is 2.52. The number of aliphatic carboxylic acids is 1. The smallest absolute Gasteiger partial charge is 0.416 e. The summed E-state index contributed by atoms with van der Waals surface area (Å²) < 4.78 is 37.0. The molecular formula is C12H12F3NO3S. The van der Waals surface area contributed by atoms with Crippen molar-refractivity contribution in [1.29, 1.82) is 0 Å².